The molecule has 0 fully saturated rings. The van der Waals surface area contributed by atoms with Crippen molar-refractivity contribution in [3.05, 3.63) is 22.7 Å². The molecule has 118 valence electrons. The fourth-order valence-corrected chi connectivity index (χ4v) is 1.83. The van der Waals surface area contributed by atoms with Crippen LogP contribution in [0.5, 0.6) is 0 Å². The molecule has 0 saturated carbocycles. The number of halogens is 1. The molecular formula is C15H23BrN2O3. The zero-order chi connectivity index (χ0) is 16.0. The fraction of sp³-hybridized carbons (Fsp3) is 0.533. The average molecular weight is 359 g/mol. The van der Waals surface area contributed by atoms with Gasteiger partial charge in [-0.2, -0.15) is 0 Å². The van der Waals surface area contributed by atoms with Crippen molar-refractivity contribution < 1.29 is 14.3 Å². The minimum atomic E-state index is -0.537. The highest BCUT2D eigenvalue weighted by Crippen LogP contribution is 2.26. The summed E-state index contributed by atoms with van der Waals surface area (Å²) >= 11 is 3.39. The third-order valence-corrected chi connectivity index (χ3v) is 2.79. The molecule has 1 aromatic carbocycles. The van der Waals surface area contributed by atoms with E-state index in [0.29, 0.717) is 12.4 Å². The van der Waals surface area contributed by atoms with Crippen LogP contribution in [0.4, 0.5) is 16.2 Å². The lowest BCUT2D eigenvalue weighted by Crippen LogP contribution is -2.27. The monoisotopic (exact) mass is 358 g/mol. The Morgan fingerprint density at radius 2 is 1.95 bits per heavy atom. The molecule has 5 nitrogen and oxygen atoms in total. The van der Waals surface area contributed by atoms with Crippen LogP contribution in [-0.4, -0.2) is 24.5 Å². The first kappa shape index (κ1) is 17.8. The standard InChI is InChI=1S/C15H23BrN2O3/c1-10(2)20-9-17-12-7-6-11(16)8-13(12)18-14(19)21-15(3,4)5/h6-8,10,17H,9H2,1-5H3,(H,18,19). The van der Waals surface area contributed by atoms with Gasteiger partial charge >= 0.3 is 6.09 Å². The summed E-state index contributed by atoms with van der Waals surface area (Å²) in [6.07, 6.45) is -0.358. The van der Waals surface area contributed by atoms with Crippen LogP contribution in [0.1, 0.15) is 34.6 Å². The van der Waals surface area contributed by atoms with E-state index in [4.69, 9.17) is 9.47 Å². The van der Waals surface area contributed by atoms with Crippen LogP contribution < -0.4 is 10.6 Å². The number of benzene rings is 1. The van der Waals surface area contributed by atoms with E-state index >= 15 is 0 Å². The van der Waals surface area contributed by atoms with Gasteiger partial charge in [0, 0.05) is 4.47 Å². The van der Waals surface area contributed by atoms with Crippen molar-refractivity contribution in [1.82, 2.24) is 0 Å². The first-order valence-corrected chi connectivity index (χ1v) is 7.62. The number of anilines is 2. The van der Waals surface area contributed by atoms with E-state index < -0.39 is 11.7 Å². The Morgan fingerprint density at radius 1 is 1.29 bits per heavy atom. The molecule has 0 saturated heterocycles. The fourth-order valence-electron chi connectivity index (χ4n) is 1.47. The van der Waals surface area contributed by atoms with Gasteiger partial charge in [-0.1, -0.05) is 15.9 Å². The Balaban J connectivity index is 2.75. The predicted octanol–water partition coefficient (Wildman–Crippen LogP) is 4.59. The Kier molecular flexibility index (Phi) is 6.48. The Bertz CT molecular complexity index is 484. The molecule has 0 aliphatic rings. The summed E-state index contributed by atoms with van der Waals surface area (Å²) in [7, 11) is 0. The van der Waals surface area contributed by atoms with Crippen molar-refractivity contribution in [2.75, 3.05) is 17.4 Å². The van der Waals surface area contributed by atoms with Gasteiger partial charge in [0.25, 0.3) is 0 Å². The minimum Gasteiger partial charge on any atom is -0.444 e. The van der Waals surface area contributed by atoms with Gasteiger partial charge in [0.05, 0.1) is 17.5 Å². The van der Waals surface area contributed by atoms with Crippen LogP contribution in [0.25, 0.3) is 0 Å². The maximum atomic E-state index is 11.9. The molecular weight excluding hydrogens is 336 g/mol. The minimum absolute atomic E-state index is 0.134. The molecule has 6 heteroatoms. The van der Waals surface area contributed by atoms with Crippen LogP contribution in [0.3, 0.4) is 0 Å². The first-order chi connectivity index (χ1) is 9.67. The smallest absolute Gasteiger partial charge is 0.412 e. The highest BCUT2D eigenvalue weighted by molar-refractivity contribution is 9.10. The van der Waals surface area contributed by atoms with Gasteiger partial charge in [0.1, 0.15) is 12.3 Å². The summed E-state index contributed by atoms with van der Waals surface area (Å²) in [5.41, 5.74) is 0.862. The van der Waals surface area contributed by atoms with Gasteiger partial charge in [-0.05, 0) is 52.8 Å². The molecule has 0 radical (unpaired) electrons. The number of amides is 1. The predicted molar refractivity (Wildman–Crippen MR) is 88.7 cm³/mol. The number of ether oxygens (including phenoxy) is 2. The van der Waals surface area contributed by atoms with Crippen molar-refractivity contribution in [3.8, 4) is 0 Å². The topological polar surface area (TPSA) is 59.6 Å². The average Bonchev–Trinajstić information content (AvgIpc) is 2.29. The lowest BCUT2D eigenvalue weighted by molar-refractivity contribution is 0.0635. The number of hydrogen-bond acceptors (Lipinski definition) is 4. The van der Waals surface area contributed by atoms with E-state index in [0.717, 1.165) is 10.2 Å². The number of carbonyl (C=O) groups excluding carboxylic acids is 1. The zero-order valence-electron chi connectivity index (χ0n) is 13.1. The molecule has 1 aromatic rings. The van der Waals surface area contributed by atoms with Crippen LogP contribution in [0.2, 0.25) is 0 Å². The van der Waals surface area contributed by atoms with E-state index in [1.807, 2.05) is 52.8 Å². The molecule has 0 bridgehead atoms. The Morgan fingerprint density at radius 3 is 2.52 bits per heavy atom. The van der Waals surface area contributed by atoms with Gasteiger partial charge in [-0.15, -0.1) is 0 Å². The first-order valence-electron chi connectivity index (χ1n) is 6.82. The van der Waals surface area contributed by atoms with Gasteiger partial charge < -0.3 is 14.8 Å². The molecule has 0 unspecified atom stereocenters. The van der Waals surface area contributed by atoms with Gasteiger partial charge in [0.15, 0.2) is 0 Å². The van der Waals surface area contributed by atoms with Crippen molar-refractivity contribution in [3.63, 3.8) is 0 Å². The molecule has 1 rings (SSSR count). The third kappa shape index (κ3) is 7.34. The van der Waals surface area contributed by atoms with Crippen LogP contribution in [-0.2, 0) is 9.47 Å². The molecule has 1 amide bonds. The second-order valence-corrected chi connectivity index (χ2v) is 6.77. The van der Waals surface area contributed by atoms with E-state index in [2.05, 4.69) is 26.6 Å². The maximum absolute atomic E-state index is 11.9. The van der Waals surface area contributed by atoms with Crippen molar-refractivity contribution >= 4 is 33.4 Å². The van der Waals surface area contributed by atoms with Crippen molar-refractivity contribution in [1.29, 1.82) is 0 Å². The lowest BCUT2D eigenvalue weighted by Gasteiger charge is -2.21. The van der Waals surface area contributed by atoms with Crippen molar-refractivity contribution in [2.45, 2.75) is 46.3 Å². The van der Waals surface area contributed by atoms with Gasteiger partial charge in [0.2, 0.25) is 0 Å². The molecule has 0 atom stereocenters. The SMILES string of the molecule is CC(C)OCNc1ccc(Br)cc1NC(=O)OC(C)(C)C. The molecule has 0 aromatic heterocycles. The summed E-state index contributed by atoms with van der Waals surface area (Å²) in [5.74, 6) is 0. The maximum Gasteiger partial charge on any atom is 0.412 e. The molecule has 0 aliphatic carbocycles. The zero-order valence-corrected chi connectivity index (χ0v) is 14.7. The third-order valence-electron chi connectivity index (χ3n) is 2.30. The Labute approximate surface area is 134 Å². The van der Waals surface area contributed by atoms with E-state index in [1.54, 1.807) is 0 Å². The summed E-state index contributed by atoms with van der Waals surface area (Å²) in [6.45, 7) is 9.75. The number of hydrogen-bond donors (Lipinski definition) is 2. The van der Waals surface area contributed by atoms with Gasteiger partial charge in [-0.25, -0.2) is 4.79 Å². The summed E-state index contributed by atoms with van der Waals surface area (Å²) in [4.78, 5) is 11.9. The molecule has 2 N–H and O–H groups in total. The molecule has 0 heterocycles. The molecule has 0 aliphatic heterocycles. The molecule has 21 heavy (non-hydrogen) atoms. The van der Waals surface area contributed by atoms with Crippen LogP contribution in [0.15, 0.2) is 22.7 Å². The quantitative estimate of drug-likeness (QED) is 0.755. The lowest BCUT2D eigenvalue weighted by atomic mass is 10.2. The molecule has 0 spiro atoms. The normalized spacial score (nSPS) is 11.4. The van der Waals surface area contributed by atoms with Crippen LogP contribution >= 0.6 is 15.9 Å². The Hall–Kier alpha value is -1.27. The second-order valence-electron chi connectivity index (χ2n) is 5.85. The van der Waals surface area contributed by atoms with Crippen LogP contribution in [0, 0.1) is 0 Å². The number of rotatable bonds is 5. The highest BCUT2D eigenvalue weighted by atomic mass is 79.9. The van der Waals surface area contributed by atoms with Crippen molar-refractivity contribution in [2.24, 2.45) is 0 Å². The summed E-state index contributed by atoms with van der Waals surface area (Å²) < 4.78 is 11.6. The largest absolute Gasteiger partial charge is 0.444 e. The van der Waals surface area contributed by atoms with E-state index in [1.165, 1.54) is 0 Å². The number of carbonyl (C=O) groups is 1. The number of nitrogens with one attached hydrogen (secondary N) is 2. The van der Waals surface area contributed by atoms with E-state index in [9.17, 15) is 4.79 Å². The summed E-state index contributed by atoms with van der Waals surface area (Å²) in [5, 5.41) is 5.86. The highest BCUT2D eigenvalue weighted by Gasteiger charge is 2.17. The summed E-state index contributed by atoms with van der Waals surface area (Å²) in [6, 6.07) is 5.56. The second kappa shape index (κ2) is 7.66. The van der Waals surface area contributed by atoms with E-state index in [-0.39, 0.29) is 6.10 Å². The van der Waals surface area contributed by atoms with Gasteiger partial charge in [-0.3, -0.25) is 5.32 Å².